The molecule has 0 aromatic heterocycles. The average Bonchev–Trinajstić information content (AvgIpc) is 2.72. The van der Waals surface area contributed by atoms with Crippen LogP contribution in [-0.2, 0) is 9.59 Å². The molecule has 0 unspecified atom stereocenters. The Hall–Kier alpha value is -1.06. The van der Waals surface area contributed by atoms with Gasteiger partial charge < -0.3 is 10.2 Å². The van der Waals surface area contributed by atoms with E-state index in [1.807, 2.05) is 0 Å². The minimum atomic E-state index is -0.0697. The summed E-state index contributed by atoms with van der Waals surface area (Å²) in [5.74, 6) is 0.216. The lowest BCUT2D eigenvalue weighted by Crippen LogP contribution is -2.50. The highest BCUT2D eigenvalue weighted by atomic mass is 16.2. The van der Waals surface area contributed by atoms with E-state index in [4.69, 9.17) is 0 Å². The maximum Gasteiger partial charge on any atom is 0.226 e. The van der Waals surface area contributed by atoms with E-state index in [0.717, 1.165) is 25.9 Å². The van der Waals surface area contributed by atoms with Crippen molar-refractivity contribution >= 4 is 11.8 Å². The molecule has 2 heterocycles. The number of nitrogens with zero attached hydrogens (tertiary/aromatic N) is 1. The van der Waals surface area contributed by atoms with Crippen molar-refractivity contribution < 1.29 is 9.59 Å². The van der Waals surface area contributed by atoms with E-state index in [2.05, 4.69) is 10.2 Å². The smallest absolute Gasteiger partial charge is 0.226 e. The van der Waals surface area contributed by atoms with Crippen molar-refractivity contribution in [2.45, 2.75) is 64.2 Å². The molecule has 1 aliphatic carbocycles. The van der Waals surface area contributed by atoms with Crippen LogP contribution in [0.1, 0.15) is 64.2 Å². The molecule has 21 heavy (non-hydrogen) atoms. The Morgan fingerprint density at radius 3 is 2.52 bits per heavy atom. The second-order valence-corrected chi connectivity index (χ2v) is 7.32. The van der Waals surface area contributed by atoms with Crippen molar-refractivity contribution in [3.63, 3.8) is 0 Å². The molecule has 1 saturated carbocycles. The molecule has 0 radical (unpaired) electrons. The summed E-state index contributed by atoms with van der Waals surface area (Å²) in [5, 5.41) is 2.83. The van der Waals surface area contributed by atoms with Crippen LogP contribution in [0.5, 0.6) is 0 Å². The fourth-order valence-electron chi connectivity index (χ4n) is 4.54. The van der Waals surface area contributed by atoms with Gasteiger partial charge in [-0.1, -0.05) is 25.7 Å². The predicted octanol–water partition coefficient (Wildman–Crippen LogP) is 2.48. The van der Waals surface area contributed by atoms with Crippen molar-refractivity contribution in [2.24, 2.45) is 11.3 Å². The summed E-state index contributed by atoms with van der Waals surface area (Å²) in [7, 11) is 0. The molecular weight excluding hydrogens is 264 g/mol. The molecule has 3 rings (SSSR count). The molecule has 1 N–H and O–H groups in total. The number of piperidine rings is 2. The van der Waals surface area contributed by atoms with Crippen LogP contribution in [0.3, 0.4) is 0 Å². The Balaban J connectivity index is 1.64. The van der Waals surface area contributed by atoms with Gasteiger partial charge in [0.05, 0.1) is 0 Å². The maximum atomic E-state index is 12.8. The Kier molecular flexibility index (Phi) is 4.51. The monoisotopic (exact) mass is 292 g/mol. The first kappa shape index (κ1) is 14.9. The second-order valence-electron chi connectivity index (χ2n) is 7.32. The Morgan fingerprint density at radius 2 is 1.81 bits per heavy atom. The maximum absolute atomic E-state index is 12.8. The lowest BCUT2D eigenvalue weighted by molar-refractivity contribution is -0.143. The van der Waals surface area contributed by atoms with Crippen molar-refractivity contribution in [3.05, 3.63) is 0 Å². The molecule has 1 spiro atoms. The highest BCUT2D eigenvalue weighted by molar-refractivity contribution is 5.87. The van der Waals surface area contributed by atoms with E-state index in [1.54, 1.807) is 0 Å². The van der Waals surface area contributed by atoms with E-state index < -0.39 is 0 Å². The molecule has 118 valence electrons. The zero-order valence-corrected chi connectivity index (χ0v) is 13.0. The number of hydrogen-bond donors (Lipinski definition) is 1. The molecule has 3 fully saturated rings. The van der Waals surface area contributed by atoms with Crippen molar-refractivity contribution in [2.75, 3.05) is 19.6 Å². The van der Waals surface area contributed by atoms with Gasteiger partial charge in [0.1, 0.15) is 0 Å². The number of carbonyl (C=O) groups is 2. The number of hydrogen-bond acceptors (Lipinski definition) is 2. The third kappa shape index (κ3) is 3.41. The molecule has 2 saturated heterocycles. The number of amides is 2. The highest BCUT2D eigenvalue weighted by Gasteiger charge is 2.39. The van der Waals surface area contributed by atoms with E-state index in [-0.39, 0.29) is 17.7 Å². The van der Waals surface area contributed by atoms with Crippen LogP contribution in [0.4, 0.5) is 0 Å². The van der Waals surface area contributed by atoms with Gasteiger partial charge in [-0.2, -0.15) is 0 Å². The normalized spacial score (nSPS) is 29.8. The first-order chi connectivity index (χ1) is 10.2. The number of likely N-dealkylation sites (tertiary alicyclic amines) is 1. The Morgan fingerprint density at radius 1 is 1.10 bits per heavy atom. The van der Waals surface area contributed by atoms with Crippen LogP contribution in [0.25, 0.3) is 0 Å². The Labute approximate surface area is 127 Å². The summed E-state index contributed by atoms with van der Waals surface area (Å²) < 4.78 is 0. The zero-order chi connectivity index (χ0) is 14.7. The summed E-state index contributed by atoms with van der Waals surface area (Å²) >= 11 is 0. The first-order valence-electron chi connectivity index (χ1n) is 8.74. The summed E-state index contributed by atoms with van der Waals surface area (Å²) in [6, 6.07) is 0. The van der Waals surface area contributed by atoms with Gasteiger partial charge in [-0.05, 0) is 37.5 Å². The van der Waals surface area contributed by atoms with Crippen molar-refractivity contribution in [3.8, 4) is 0 Å². The van der Waals surface area contributed by atoms with Gasteiger partial charge in [-0.15, -0.1) is 0 Å². The second kappa shape index (κ2) is 6.37. The Bertz CT molecular complexity index is 400. The van der Waals surface area contributed by atoms with Crippen LogP contribution >= 0.6 is 0 Å². The standard InChI is InChI=1S/C17H28N2O2/c20-15-12-14(6-10-18-15)16(21)19-11-5-9-17(13-19)7-3-1-2-4-8-17/h14H,1-13H2,(H,18,20)/t14-/m1/s1. The van der Waals surface area contributed by atoms with E-state index >= 15 is 0 Å². The van der Waals surface area contributed by atoms with Crippen LogP contribution in [0.2, 0.25) is 0 Å². The highest BCUT2D eigenvalue weighted by Crippen LogP contribution is 2.42. The minimum Gasteiger partial charge on any atom is -0.356 e. The fraction of sp³-hybridized carbons (Fsp3) is 0.882. The molecule has 3 aliphatic rings. The van der Waals surface area contributed by atoms with E-state index in [0.29, 0.717) is 18.4 Å². The minimum absolute atomic E-state index is 0.0424. The zero-order valence-electron chi connectivity index (χ0n) is 13.0. The molecule has 0 aromatic carbocycles. The third-order valence-electron chi connectivity index (χ3n) is 5.73. The van der Waals surface area contributed by atoms with Crippen LogP contribution in [0, 0.1) is 11.3 Å². The summed E-state index contributed by atoms with van der Waals surface area (Å²) in [4.78, 5) is 26.4. The quantitative estimate of drug-likeness (QED) is 0.807. The van der Waals surface area contributed by atoms with E-state index in [9.17, 15) is 9.59 Å². The largest absolute Gasteiger partial charge is 0.356 e. The number of nitrogens with one attached hydrogen (secondary N) is 1. The topological polar surface area (TPSA) is 49.4 Å². The average molecular weight is 292 g/mol. The van der Waals surface area contributed by atoms with Gasteiger partial charge in [-0.3, -0.25) is 9.59 Å². The lowest BCUT2D eigenvalue weighted by atomic mass is 9.73. The third-order valence-corrected chi connectivity index (χ3v) is 5.73. The van der Waals surface area contributed by atoms with Gasteiger partial charge in [-0.25, -0.2) is 0 Å². The lowest BCUT2D eigenvalue weighted by Gasteiger charge is -2.44. The van der Waals surface area contributed by atoms with Crippen molar-refractivity contribution in [1.82, 2.24) is 10.2 Å². The molecule has 1 atom stereocenters. The van der Waals surface area contributed by atoms with Crippen LogP contribution in [-0.4, -0.2) is 36.3 Å². The molecule has 0 aromatic rings. The first-order valence-corrected chi connectivity index (χ1v) is 8.74. The fourth-order valence-corrected chi connectivity index (χ4v) is 4.54. The molecule has 2 aliphatic heterocycles. The summed E-state index contributed by atoms with van der Waals surface area (Å²) in [6.45, 7) is 2.51. The predicted molar refractivity (Wildman–Crippen MR) is 81.7 cm³/mol. The van der Waals surface area contributed by atoms with Crippen LogP contribution in [0.15, 0.2) is 0 Å². The SMILES string of the molecule is O=C1C[C@H](C(=O)N2CCCC3(CCCCCC3)C2)CCN1. The molecule has 4 nitrogen and oxygen atoms in total. The molecule has 0 bridgehead atoms. The van der Waals surface area contributed by atoms with Crippen molar-refractivity contribution in [1.29, 1.82) is 0 Å². The van der Waals surface area contributed by atoms with Gasteiger partial charge in [0.15, 0.2) is 0 Å². The van der Waals surface area contributed by atoms with Gasteiger partial charge in [0.2, 0.25) is 11.8 Å². The summed E-state index contributed by atoms with van der Waals surface area (Å²) in [5.41, 5.74) is 0.390. The number of carbonyl (C=O) groups excluding carboxylic acids is 2. The molecular formula is C17H28N2O2. The number of rotatable bonds is 1. The van der Waals surface area contributed by atoms with Gasteiger partial charge in [0, 0.05) is 32.0 Å². The molecule has 2 amide bonds. The van der Waals surface area contributed by atoms with Gasteiger partial charge >= 0.3 is 0 Å². The van der Waals surface area contributed by atoms with Gasteiger partial charge in [0.25, 0.3) is 0 Å². The molecule has 4 heteroatoms. The van der Waals surface area contributed by atoms with E-state index in [1.165, 1.54) is 44.9 Å². The summed E-state index contributed by atoms with van der Waals surface area (Å²) in [6.07, 6.45) is 11.6. The van der Waals surface area contributed by atoms with Crippen LogP contribution < -0.4 is 5.32 Å².